The predicted octanol–water partition coefficient (Wildman–Crippen LogP) is 3.43. The van der Waals surface area contributed by atoms with E-state index in [0.717, 1.165) is 64.2 Å². The number of carbonyl (C=O) groups is 1. The Kier molecular flexibility index (Phi) is 34.3. The fourth-order valence-corrected chi connectivity index (χ4v) is 9.66. The zero-order valence-corrected chi connectivity index (χ0v) is 43.7. The summed E-state index contributed by atoms with van der Waals surface area (Å²) in [5.41, 5.74) is 0. The summed E-state index contributed by atoms with van der Waals surface area (Å²) in [7, 11) is 0. The van der Waals surface area contributed by atoms with Gasteiger partial charge in [-0.05, 0) is 38.5 Å². The molecule has 0 bridgehead atoms. The molecule has 3 aliphatic rings. The number of unbranched alkanes of at least 4 members (excludes halogenated alkanes) is 22. The van der Waals surface area contributed by atoms with Crippen molar-refractivity contribution >= 4 is 5.91 Å². The standard InChI is InChI=1S/C53H99NO18/c1-3-5-7-9-11-12-13-14-15-16-17-18-19-20-21-22-23-24-25-27-29-31-41(59)54-36(37(58)30-28-26-10-8-6-4-2)35-67-51-47(65)44(62)49(39(33-56)69-51)72-53-48(66)45(63)50(40(34-57)70-53)71-52-46(64)43(61)42(60)38(32-55)68-52/h16-17,36-40,42-53,55-58,60-66H,3-15,18-35H2,1-2H3,(H,54,59)/b17-16-. The van der Waals surface area contributed by atoms with Gasteiger partial charge in [-0.2, -0.15) is 0 Å². The normalized spacial score (nSPS) is 32.0. The van der Waals surface area contributed by atoms with E-state index in [0.29, 0.717) is 12.8 Å². The molecule has 0 aromatic heterocycles. The van der Waals surface area contributed by atoms with Gasteiger partial charge in [0.05, 0.1) is 38.6 Å². The van der Waals surface area contributed by atoms with Gasteiger partial charge in [0.25, 0.3) is 0 Å². The van der Waals surface area contributed by atoms with Crippen molar-refractivity contribution in [3.05, 3.63) is 12.2 Å². The molecular weight excluding hydrogens is 939 g/mol. The van der Waals surface area contributed by atoms with Crippen LogP contribution >= 0.6 is 0 Å². The number of nitrogens with one attached hydrogen (secondary N) is 1. The summed E-state index contributed by atoms with van der Waals surface area (Å²) in [6.07, 6.45) is 7.93. The molecule has 12 N–H and O–H groups in total. The second-order valence-corrected chi connectivity index (χ2v) is 20.4. The number of carbonyl (C=O) groups excluding carboxylic acids is 1. The van der Waals surface area contributed by atoms with Gasteiger partial charge < -0.3 is 89.9 Å². The highest BCUT2D eigenvalue weighted by molar-refractivity contribution is 5.76. The van der Waals surface area contributed by atoms with Crippen molar-refractivity contribution in [2.45, 2.75) is 291 Å². The highest BCUT2D eigenvalue weighted by Crippen LogP contribution is 2.33. The average molecular weight is 1040 g/mol. The van der Waals surface area contributed by atoms with Crippen LogP contribution in [0.25, 0.3) is 0 Å². The van der Waals surface area contributed by atoms with E-state index in [1.54, 1.807) is 0 Å². The maximum atomic E-state index is 13.2. The lowest BCUT2D eigenvalue weighted by Gasteiger charge is -2.48. The second kappa shape index (κ2) is 38.1. The van der Waals surface area contributed by atoms with Crippen LogP contribution in [0.4, 0.5) is 0 Å². The maximum Gasteiger partial charge on any atom is 0.220 e. The van der Waals surface area contributed by atoms with Crippen molar-refractivity contribution in [1.82, 2.24) is 5.32 Å². The van der Waals surface area contributed by atoms with Crippen LogP contribution in [0.15, 0.2) is 12.2 Å². The molecule has 72 heavy (non-hydrogen) atoms. The van der Waals surface area contributed by atoms with Gasteiger partial charge in [-0.1, -0.05) is 154 Å². The predicted molar refractivity (Wildman–Crippen MR) is 268 cm³/mol. The molecule has 3 rings (SSSR count). The molecule has 0 saturated carbocycles. The van der Waals surface area contributed by atoms with E-state index >= 15 is 0 Å². The van der Waals surface area contributed by atoms with Gasteiger partial charge in [0, 0.05) is 6.42 Å². The Labute approximate surface area is 429 Å². The molecule has 3 fully saturated rings. The summed E-state index contributed by atoms with van der Waals surface area (Å²) in [4.78, 5) is 13.2. The molecule has 19 nitrogen and oxygen atoms in total. The molecule has 424 valence electrons. The first-order valence-electron chi connectivity index (χ1n) is 27.9. The SMILES string of the molecule is CCCCCCCCCC/C=C\CCCCCCCCCCCC(=O)NC(COC1OC(CO)C(OC2OC(CO)C(OC3OC(CO)C(O)C(O)C3O)C(O)C2O)C(O)C1O)C(O)CCCCCCCC. The number of rotatable bonds is 40. The Hall–Kier alpha value is -1.47. The smallest absolute Gasteiger partial charge is 0.220 e. The molecule has 1 amide bonds. The van der Waals surface area contributed by atoms with E-state index in [9.17, 15) is 61.0 Å². The second-order valence-electron chi connectivity index (χ2n) is 20.4. The third-order valence-corrected chi connectivity index (χ3v) is 14.3. The van der Waals surface area contributed by atoms with Crippen LogP contribution in [0.5, 0.6) is 0 Å². The zero-order chi connectivity index (χ0) is 52.7. The van der Waals surface area contributed by atoms with E-state index in [-0.39, 0.29) is 18.9 Å². The largest absolute Gasteiger partial charge is 0.394 e. The molecule has 0 aliphatic carbocycles. The molecule has 0 radical (unpaired) electrons. The van der Waals surface area contributed by atoms with E-state index in [1.807, 2.05) is 0 Å². The average Bonchev–Trinajstić information content (AvgIpc) is 3.38. The van der Waals surface area contributed by atoms with Crippen molar-refractivity contribution in [3.63, 3.8) is 0 Å². The van der Waals surface area contributed by atoms with Gasteiger partial charge in [0.15, 0.2) is 18.9 Å². The summed E-state index contributed by atoms with van der Waals surface area (Å²) in [6.45, 7) is 1.69. The fraction of sp³-hybridized carbons (Fsp3) is 0.943. The Morgan fingerprint density at radius 1 is 0.486 bits per heavy atom. The Morgan fingerprint density at radius 2 is 0.875 bits per heavy atom. The van der Waals surface area contributed by atoms with Gasteiger partial charge >= 0.3 is 0 Å². The number of ether oxygens (including phenoxy) is 6. The van der Waals surface area contributed by atoms with E-state index in [2.05, 4.69) is 31.3 Å². The summed E-state index contributed by atoms with van der Waals surface area (Å²) in [5.74, 6) is -0.250. The number of aliphatic hydroxyl groups is 11. The van der Waals surface area contributed by atoms with Gasteiger partial charge in [-0.25, -0.2) is 0 Å². The van der Waals surface area contributed by atoms with Crippen molar-refractivity contribution in [2.24, 2.45) is 0 Å². The highest BCUT2D eigenvalue weighted by atomic mass is 16.8. The molecule has 0 spiro atoms. The number of hydrogen-bond donors (Lipinski definition) is 12. The van der Waals surface area contributed by atoms with Crippen LogP contribution in [0.2, 0.25) is 0 Å². The molecule has 3 heterocycles. The van der Waals surface area contributed by atoms with Gasteiger partial charge in [-0.15, -0.1) is 0 Å². The molecule has 17 atom stereocenters. The first-order chi connectivity index (χ1) is 34.8. The highest BCUT2D eigenvalue weighted by Gasteiger charge is 2.53. The molecule has 3 saturated heterocycles. The summed E-state index contributed by atoms with van der Waals surface area (Å²) < 4.78 is 34.1. The summed E-state index contributed by atoms with van der Waals surface area (Å²) >= 11 is 0. The maximum absolute atomic E-state index is 13.2. The molecule has 3 aliphatic heterocycles. The lowest BCUT2D eigenvalue weighted by Crippen LogP contribution is -2.66. The first kappa shape index (κ1) is 64.8. The fourth-order valence-electron chi connectivity index (χ4n) is 9.66. The van der Waals surface area contributed by atoms with Crippen LogP contribution in [-0.2, 0) is 33.2 Å². The minimum absolute atomic E-state index is 0.250. The Bertz CT molecular complexity index is 1380. The summed E-state index contributed by atoms with van der Waals surface area (Å²) in [6, 6.07) is -0.881. The zero-order valence-electron chi connectivity index (χ0n) is 43.7. The van der Waals surface area contributed by atoms with Crippen molar-refractivity contribution in [3.8, 4) is 0 Å². The van der Waals surface area contributed by atoms with Crippen molar-refractivity contribution in [1.29, 1.82) is 0 Å². The topological polar surface area (TPSA) is 307 Å². The lowest BCUT2D eigenvalue weighted by atomic mass is 9.96. The summed E-state index contributed by atoms with van der Waals surface area (Å²) in [5, 5.41) is 120. The molecule has 0 aromatic carbocycles. The molecule has 17 unspecified atom stereocenters. The van der Waals surface area contributed by atoms with E-state index < -0.39 is 124 Å². The third kappa shape index (κ3) is 23.0. The number of aliphatic hydroxyl groups excluding tert-OH is 11. The van der Waals surface area contributed by atoms with Crippen molar-refractivity contribution in [2.75, 3.05) is 26.4 Å². The third-order valence-electron chi connectivity index (χ3n) is 14.3. The number of amides is 1. The van der Waals surface area contributed by atoms with Crippen LogP contribution in [-0.4, -0.2) is 193 Å². The Morgan fingerprint density at radius 3 is 1.35 bits per heavy atom. The van der Waals surface area contributed by atoms with Gasteiger partial charge in [0.1, 0.15) is 73.2 Å². The van der Waals surface area contributed by atoms with Crippen molar-refractivity contribution < 1.29 is 89.4 Å². The lowest BCUT2D eigenvalue weighted by molar-refractivity contribution is -0.379. The van der Waals surface area contributed by atoms with Gasteiger partial charge in [0.2, 0.25) is 5.91 Å². The first-order valence-corrected chi connectivity index (χ1v) is 27.9. The molecule has 0 aromatic rings. The molecule has 19 heteroatoms. The van der Waals surface area contributed by atoms with Crippen LogP contribution in [0, 0.1) is 0 Å². The van der Waals surface area contributed by atoms with Gasteiger partial charge in [-0.3, -0.25) is 4.79 Å². The minimum Gasteiger partial charge on any atom is -0.394 e. The number of allylic oxidation sites excluding steroid dienone is 2. The monoisotopic (exact) mass is 1040 g/mol. The minimum atomic E-state index is -1.97. The Balaban J connectivity index is 1.44. The van der Waals surface area contributed by atoms with E-state index in [4.69, 9.17) is 28.4 Å². The van der Waals surface area contributed by atoms with Crippen LogP contribution in [0.1, 0.15) is 187 Å². The number of hydrogen-bond acceptors (Lipinski definition) is 18. The van der Waals surface area contributed by atoms with E-state index in [1.165, 1.54) is 89.9 Å². The van der Waals surface area contributed by atoms with Crippen LogP contribution < -0.4 is 5.32 Å². The van der Waals surface area contributed by atoms with Crippen LogP contribution in [0.3, 0.4) is 0 Å². The quantitative estimate of drug-likeness (QED) is 0.0309. The molecular formula is C53H99NO18.